The van der Waals surface area contributed by atoms with Crippen LogP contribution in [-0.2, 0) is 0 Å². The minimum absolute atomic E-state index is 0.399. The summed E-state index contributed by atoms with van der Waals surface area (Å²) in [5.41, 5.74) is 2.83. The summed E-state index contributed by atoms with van der Waals surface area (Å²) >= 11 is 3.63. The Morgan fingerprint density at radius 2 is 2.10 bits per heavy atom. The molecular weight excluding hydrogens is 324 g/mol. The Balaban J connectivity index is 2.19. The molecule has 3 heteroatoms. The summed E-state index contributed by atoms with van der Waals surface area (Å²) < 4.78 is 1.17. The molecule has 0 aliphatic carbocycles. The fourth-order valence-corrected chi connectivity index (χ4v) is 3.56. The van der Waals surface area contributed by atoms with E-state index in [1.54, 1.807) is 0 Å². The molecule has 0 aromatic heterocycles. The zero-order valence-electron chi connectivity index (χ0n) is 13.8. The van der Waals surface area contributed by atoms with E-state index in [4.69, 9.17) is 0 Å². The summed E-state index contributed by atoms with van der Waals surface area (Å²) in [5.74, 6) is 1.62. The molecule has 2 atom stereocenters. The lowest BCUT2D eigenvalue weighted by Gasteiger charge is -2.26. The van der Waals surface area contributed by atoms with Gasteiger partial charge in [0.25, 0.3) is 0 Å². The molecule has 118 valence electrons. The lowest BCUT2D eigenvalue weighted by molar-refractivity contribution is 0.422. The second-order valence-corrected chi connectivity index (χ2v) is 7.53. The van der Waals surface area contributed by atoms with Gasteiger partial charge >= 0.3 is 0 Å². The van der Waals surface area contributed by atoms with Gasteiger partial charge in [0, 0.05) is 29.3 Å². The molecule has 0 spiro atoms. The van der Waals surface area contributed by atoms with Gasteiger partial charge in [0.05, 0.1) is 0 Å². The molecule has 1 aromatic rings. The maximum atomic E-state index is 3.63. The highest BCUT2D eigenvalue weighted by atomic mass is 79.9. The normalized spacial score (nSPS) is 20.3. The molecule has 0 radical (unpaired) electrons. The standard InChI is InChI=1S/C18H29BrN2/c1-5-9-20-14(4)17-11-16(19)6-7-18(17)21-10-8-15(12-21)13(2)3/h6-7,11,13-15,20H,5,8-10,12H2,1-4H3. The van der Waals surface area contributed by atoms with E-state index < -0.39 is 0 Å². The van der Waals surface area contributed by atoms with E-state index in [0.717, 1.165) is 18.4 Å². The summed E-state index contributed by atoms with van der Waals surface area (Å²) in [5, 5.41) is 3.63. The van der Waals surface area contributed by atoms with Crippen LogP contribution in [0.25, 0.3) is 0 Å². The van der Waals surface area contributed by atoms with Crippen LogP contribution in [0.15, 0.2) is 22.7 Å². The lowest BCUT2D eigenvalue weighted by atomic mass is 9.95. The van der Waals surface area contributed by atoms with Gasteiger partial charge in [0.15, 0.2) is 0 Å². The van der Waals surface area contributed by atoms with Crippen molar-refractivity contribution >= 4 is 21.6 Å². The van der Waals surface area contributed by atoms with Crippen LogP contribution in [0.2, 0.25) is 0 Å². The smallest absolute Gasteiger partial charge is 0.0415 e. The first kappa shape index (κ1) is 16.8. The van der Waals surface area contributed by atoms with Crippen LogP contribution in [0.5, 0.6) is 0 Å². The first-order chi connectivity index (χ1) is 10.0. The lowest BCUT2D eigenvalue weighted by Crippen LogP contribution is -2.26. The Morgan fingerprint density at radius 1 is 1.33 bits per heavy atom. The Kier molecular flexibility index (Phi) is 6.12. The van der Waals surface area contributed by atoms with Gasteiger partial charge in [-0.25, -0.2) is 0 Å². The van der Waals surface area contributed by atoms with Gasteiger partial charge in [0.1, 0.15) is 0 Å². The maximum Gasteiger partial charge on any atom is 0.0415 e. The molecule has 1 fully saturated rings. The molecule has 2 unspecified atom stereocenters. The SMILES string of the molecule is CCCNC(C)c1cc(Br)ccc1N1CCC(C(C)C)C1. The molecule has 1 aromatic carbocycles. The zero-order valence-corrected chi connectivity index (χ0v) is 15.4. The average Bonchev–Trinajstić information content (AvgIpc) is 2.94. The fourth-order valence-electron chi connectivity index (χ4n) is 3.18. The Morgan fingerprint density at radius 3 is 2.71 bits per heavy atom. The van der Waals surface area contributed by atoms with E-state index in [2.05, 4.69) is 72.0 Å². The van der Waals surface area contributed by atoms with Gasteiger partial charge in [0.2, 0.25) is 0 Å². The quantitative estimate of drug-likeness (QED) is 0.775. The highest BCUT2D eigenvalue weighted by Gasteiger charge is 2.27. The zero-order chi connectivity index (χ0) is 15.4. The van der Waals surface area contributed by atoms with E-state index in [-0.39, 0.29) is 0 Å². The third kappa shape index (κ3) is 4.23. The minimum Gasteiger partial charge on any atom is -0.371 e. The van der Waals surface area contributed by atoms with E-state index in [0.29, 0.717) is 6.04 Å². The Bertz CT molecular complexity index is 459. The van der Waals surface area contributed by atoms with Gasteiger partial charge < -0.3 is 10.2 Å². The number of rotatable bonds is 6. The Hall–Kier alpha value is -0.540. The van der Waals surface area contributed by atoms with Gasteiger partial charge in [-0.15, -0.1) is 0 Å². The highest BCUT2D eigenvalue weighted by Crippen LogP contribution is 2.34. The predicted octanol–water partition coefficient (Wildman–Crippen LogP) is 4.99. The topological polar surface area (TPSA) is 15.3 Å². The average molecular weight is 353 g/mol. The number of halogens is 1. The summed E-state index contributed by atoms with van der Waals surface area (Å²) in [6.45, 7) is 12.7. The second-order valence-electron chi connectivity index (χ2n) is 6.62. The van der Waals surface area contributed by atoms with Gasteiger partial charge in [-0.05, 0) is 61.9 Å². The molecule has 1 aliphatic rings. The van der Waals surface area contributed by atoms with Crippen LogP contribution in [0.4, 0.5) is 5.69 Å². The van der Waals surface area contributed by atoms with Crippen molar-refractivity contribution in [1.29, 1.82) is 0 Å². The van der Waals surface area contributed by atoms with E-state index in [9.17, 15) is 0 Å². The van der Waals surface area contributed by atoms with Gasteiger partial charge in [-0.1, -0.05) is 36.7 Å². The molecule has 2 nitrogen and oxygen atoms in total. The van der Waals surface area contributed by atoms with Gasteiger partial charge in [-0.3, -0.25) is 0 Å². The van der Waals surface area contributed by atoms with Crippen molar-refractivity contribution in [2.75, 3.05) is 24.5 Å². The Labute approximate surface area is 138 Å². The first-order valence-electron chi connectivity index (χ1n) is 8.30. The molecule has 0 bridgehead atoms. The van der Waals surface area contributed by atoms with Crippen LogP contribution in [-0.4, -0.2) is 19.6 Å². The minimum atomic E-state index is 0.399. The number of nitrogens with one attached hydrogen (secondary N) is 1. The molecule has 0 saturated carbocycles. The van der Waals surface area contributed by atoms with E-state index >= 15 is 0 Å². The second kappa shape index (κ2) is 7.64. The summed E-state index contributed by atoms with van der Waals surface area (Å²) in [6.07, 6.45) is 2.50. The third-order valence-electron chi connectivity index (χ3n) is 4.66. The van der Waals surface area contributed by atoms with Crippen molar-refractivity contribution in [2.45, 2.75) is 46.6 Å². The van der Waals surface area contributed by atoms with Crippen molar-refractivity contribution in [2.24, 2.45) is 11.8 Å². The molecule has 1 heterocycles. The molecule has 2 rings (SSSR count). The number of benzene rings is 1. The third-order valence-corrected chi connectivity index (χ3v) is 5.16. The monoisotopic (exact) mass is 352 g/mol. The largest absolute Gasteiger partial charge is 0.371 e. The van der Waals surface area contributed by atoms with Crippen LogP contribution < -0.4 is 10.2 Å². The summed E-state index contributed by atoms with van der Waals surface area (Å²) in [7, 11) is 0. The van der Waals surface area contributed by atoms with Crippen LogP contribution >= 0.6 is 15.9 Å². The number of hydrogen-bond donors (Lipinski definition) is 1. The van der Waals surface area contributed by atoms with Crippen molar-refractivity contribution in [1.82, 2.24) is 5.32 Å². The van der Waals surface area contributed by atoms with Crippen molar-refractivity contribution < 1.29 is 0 Å². The molecule has 21 heavy (non-hydrogen) atoms. The highest BCUT2D eigenvalue weighted by molar-refractivity contribution is 9.10. The van der Waals surface area contributed by atoms with E-state index in [1.165, 1.54) is 41.7 Å². The molecule has 1 aliphatic heterocycles. The van der Waals surface area contributed by atoms with Crippen LogP contribution in [0.3, 0.4) is 0 Å². The van der Waals surface area contributed by atoms with Crippen molar-refractivity contribution in [3.05, 3.63) is 28.2 Å². The molecule has 1 saturated heterocycles. The molecule has 1 N–H and O–H groups in total. The summed E-state index contributed by atoms with van der Waals surface area (Å²) in [4.78, 5) is 2.58. The van der Waals surface area contributed by atoms with E-state index in [1.807, 2.05) is 0 Å². The van der Waals surface area contributed by atoms with Crippen LogP contribution in [0, 0.1) is 11.8 Å². The first-order valence-corrected chi connectivity index (χ1v) is 9.10. The maximum absolute atomic E-state index is 3.63. The summed E-state index contributed by atoms with van der Waals surface area (Å²) in [6, 6.07) is 7.14. The molecular formula is C18H29BrN2. The fraction of sp³-hybridized carbons (Fsp3) is 0.667. The number of nitrogens with zero attached hydrogens (tertiary/aromatic N) is 1. The van der Waals surface area contributed by atoms with Crippen molar-refractivity contribution in [3.63, 3.8) is 0 Å². The van der Waals surface area contributed by atoms with Crippen molar-refractivity contribution in [3.8, 4) is 0 Å². The predicted molar refractivity (Wildman–Crippen MR) is 96.0 cm³/mol. The molecule has 0 amide bonds. The number of hydrogen-bond acceptors (Lipinski definition) is 2. The number of anilines is 1. The van der Waals surface area contributed by atoms with Crippen LogP contribution in [0.1, 0.15) is 52.1 Å². The van der Waals surface area contributed by atoms with Gasteiger partial charge in [-0.2, -0.15) is 0 Å².